The summed E-state index contributed by atoms with van der Waals surface area (Å²) in [6.45, 7) is 2.31. The summed E-state index contributed by atoms with van der Waals surface area (Å²) >= 11 is 6.19. The Balaban J connectivity index is 1.35. The Hall–Kier alpha value is -4.64. The first kappa shape index (κ1) is 31.8. The van der Waals surface area contributed by atoms with E-state index in [2.05, 4.69) is 20.9 Å². The van der Waals surface area contributed by atoms with Crippen LogP contribution in [0.25, 0.3) is 11.1 Å². The number of rotatable bonds is 6. The number of carbonyl (C=O) groups excluding carboxylic acids is 4. The molecular weight excluding hydrogens is 598 g/mol. The lowest BCUT2D eigenvalue weighted by Crippen LogP contribution is -2.33. The van der Waals surface area contributed by atoms with E-state index in [-0.39, 0.29) is 17.7 Å². The molecule has 2 bridgehead atoms. The number of hydrogen-bond acceptors (Lipinski definition) is 7. The zero-order valence-corrected chi connectivity index (χ0v) is 26.1. The second-order valence-electron chi connectivity index (χ2n) is 11.4. The zero-order chi connectivity index (χ0) is 32.1. The van der Waals surface area contributed by atoms with Gasteiger partial charge in [-0.1, -0.05) is 31.0 Å². The number of nitrogens with one attached hydrogen (secondary N) is 3. The van der Waals surface area contributed by atoms with E-state index in [4.69, 9.17) is 21.1 Å². The van der Waals surface area contributed by atoms with Crippen LogP contribution >= 0.6 is 11.6 Å². The smallest absolute Gasteiger partial charge is 0.412 e. The zero-order valence-electron chi connectivity index (χ0n) is 25.4. The van der Waals surface area contributed by atoms with Gasteiger partial charge in [0.15, 0.2) is 0 Å². The van der Waals surface area contributed by atoms with Crippen LogP contribution in [0.5, 0.6) is 0 Å². The summed E-state index contributed by atoms with van der Waals surface area (Å²) in [5.74, 6) is -1.04. The molecule has 2 aromatic carbocycles. The fourth-order valence-electron chi connectivity index (χ4n) is 5.72. The predicted molar refractivity (Wildman–Crippen MR) is 171 cm³/mol. The summed E-state index contributed by atoms with van der Waals surface area (Å²) in [5, 5.41) is 8.90. The minimum Gasteiger partial charge on any atom is -0.453 e. The molecule has 3 heterocycles. The molecule has 1 aromatic heterocycles. The lowest BCUT2D eigenvalue weighted by atomic mass is 9.90. The normalized spacial score (nSPS) is 19.2. The lowest BCUT2D eigenvalue weighted by molar-refractivity contribution is -0.132. The number of anilines is 3. The monoisotopic (exact) mass is 633 g/mol. The van der Waals surface area contributed by atoms with E-state index in [1.54, 1.807) is 54.5 Å². The van der Waals surface area contributed by atoms with Crippen molar-refractivity contribution in [2.75, 3.05) is 36.7 Å². The van der Waals surface area contributed by atoms with Gasteiger partial charge in [-0.25, -0.2) is 9.59 Å². The van der Waals surface area contributed by atoms with Gasteiger partial charge in [0.2, 0.25) is 11.8 Å². The number of fused-ring (bicyclic) bond motifs is 5. The molecule has 0 aliphatic carbocycles. The molecule has 0 saturated heterocycles. The molecule has 3 atom stereocenters. The maximum Gasteiger partial charge on any atom is 0.412 e. The molecular formula is C33H36ClN5O6. The molecule has 4 amide bonds. The number of hydrogen-bond donors (Lipinski definition) is 3. The van der Waals surface area contributed by atoms with Gasteiger partial charge in [-0.05, 0) is 73.7 Å². The fourth-order valence-corrected chi connectivity index (χ4v) is 5.90. The Morgan fingerprint density at radius 2 is 1.91 bits per heavy atom. The Labute approximate surface area is 266 Å². The van der Waals surface area contributed by atoms with Crippen molar-refractivity contribution >= 4 is 52.7 Å². The number of methoxy groups -OCH3 is 1. The van der Waals surface area contributed by atoms with E-state index in [1.807, 2.05) is 19.1 Å². The van der Waals surface area contributed by atoms with Gasteiger partial charge in [0.05, 0.1) is 30.1 Å². The Morgan fingerprint density at radius 3 is 2.71 bits per heavy atom. The van der Waals surface area contributed by atoms with Gasteiger partial charge in [-0.3, -0.25) is 25.2 Å². The van der Waals surface area contributed by atoms with Gasteiger partial charge < -0.3 is 19.7 Å². The number of aromatic nitrogens is 1. The molecule has 0 spiro atoms. The number of nitrogens with zero attached hydrogens (tertiary/aromatic N) is 2. The highest BCUT2D eigenvalue weighted by Crippen LogP contribution is 2.37. The van der Waals surface area contributed by atoms with Crippen molar-refractivity contribution in [1.29, 1.82) is 0 Å². The van der Waals surface area contributed by atoms with Crippen molar-refractivity contribution in [2.24, 2.45) is 5.92 Å². The molecule has 0 fully saturated rings. The largest absolute Gasteiger partial charge is 0.453 e. The van der Waals surface area contributed by atoms with Crippen LogP contribution in [0.3, 0.4) is 0 Å². The summed E-state index contributed by atoms with van der Waals surface area (Å²) in [4.78, 5) is 57.2. The third-order valence-electron chi connectivity index (χ3n) is 8.22. The molecule has 0 saturated carbocycles. The van der Waals surface area contributed by atoms with Crippen LogP contribution in [0.1, 0.15) is 62.3 Å². The number of benzene rings is 2. The molecule has 11 nitrogen and oxygen atoms in total. The summed E-state index contributed by atoms with van der Waals surface area (Å²) in [5.41, 5.74) is 4.62. The SMILES string of the molecule is COC(=O)Nc1ccc2c(c1)NC(=O)[C@@H](C)CCCC(C(=O)N(C)CCCC1OC(=O)Nc3ccc(Cl)cc31)c1cc-2ccn1. The van der Waals surface area contributed by atoms with Crippen LogP contribution < -0.4 is 16.0 Å². The van der Waals surface area contributed by atoms with E-state index < -0.39 is 24.2 Å². The van der Waals surface area contributed by atoms with Crippen LogP contribution in [0, 0.1) is 5.92 Å². The van der Waals surface area contributed by atoms with E-state index in [0.717, 1.165) is 16.7 Å². The number of cyclic esters (lactones) is 1. The lowest BCUT2D eigenvalue weighted by Gasteiger charge is -2.28. The number of halogens is 1. The first-order valence-corrected chi connectivity index (χ1v) is 15.3. The van der Waals surface area contributed by atoms with Crippen LogP contribution in [0.2, 0.25) is 5.02 Å². The minimum absolute atomic E-state index is 0.0718. The maximum absolute atomic E-state index is 13.9. The Morgan fingerprint density at radius 1 is 1.09 bits per heavy atom. The van der Waals surface area contributed by atoms with E-state index in [0.29, 0.717) is 66.4 Å². The quantitative estimate of drug-likeness (QED) is 0.266. The number of amides is 4. The maximum atomic E-state index is 13.9. The van der Waals surface area contributed by atoms with Crippen LogP contribution in [0.15, 0.2) is 54.7 Å². The molecule has 45 heavy (non-hydrogen) atoms. The standard InChI is InChI=1S/C33H36ClN5O6/c1-19-6-4-7-24(31(41)39(2)15-5-8-29-25-17-21(34)9-12-26(25)38-33(43)45-29)27-16-20(13-14-35-27)23-11-10-22(36-32(42)44-3)18-28(23)37-30(19)40/h9-14,16-19,24,29H,4-8,15H2,1-3H3,(H,36,42)(H,37,40)(H,38,43)/t19-,24?,29?/m0/s1. The first-order chi connectivity index (χ1) is 21.6. The van der Waals surface area contributed by atoms with Crippen molar-refractivity contribution in [3.05, 3.63) is 71.0 Å². The van der Waals surface area contributed by atoms with Crippen molar-refractivity contribution in [2.45, 2.75) is 51.0 Å². The van der Waals surface area contributed by atoms with Gasteiger partial charge in [0.1, 0.15) is 6.10 Å². The van der Waals surface area contributed by atoms with E-state index in [1.165, 1.54) is 7.11 Å². The van der Waals surface area contributed by atoms with Crippen molar-refractivity contribution in [3.8, 4) is 11.1 Å². The highest BCUT2D eigenvalue weighted by molar-refractivity contribution is 6.30. The summed E-state index contributed by atoms with van der Waals surface area (Å²) in [6.07, 6.45) is 2.94. The average molecular weight is 634 g/mol. The molecule has 2 unspecified atom stereocenters. The highest BCUT2D eigenvalue weighted by atomic mass is 35.5. The van der Waals surface area contributed by atoms with Gasteiger partial charge in [-0.2, -0.15) is 0 Å². The second kappa shape index (κ2) is 14.0. The second-order valence-corrected chi connectivity index (χ2v) is 11.8. The van der Waals surface area contributed by atoms with Gasteiger partial charge in [0, 0.05) is 47.5 Å². The Kier molecular flexibility index (Phi) is 9.87. The number of likely N-dealkylation sites (N-methyl/N-ethyl adjacent to an activating group) is 1. The van der Waals surface area contributed by atoms with Crippen molar-refractivity contribution in [1.82, 2.24) is 9.88 Å². The minimum atomic E-state index is -0.620. The molecule has 12 heteroatoms. The number of carbonyl (C=O) groups is 4. The molecule has 2 aliphatic rings. The third-order valence-corrected chi connectivity index (χ3v) is 8.45. The number of pyridine rings is 1. The molecule has 3 aromatic rings. The third kappa shape index (κ3) is 7.54. The molecule has 3 N–H and O–H groups in total. The van der Waals surface area contributed by atoms with Crippen LogP contribution in [-0.4, -0.2) is 54.6 Å². The summed E-state index contributed by atoms with van der Waals surface area (Å²) in [6, 6.07) is 14.2. The number of ether oxygens (including phenoxy) is 2. The van der Waals surface area contributed by atoms with Crippen molar-refractivity contribution in [3.63, 3.8) is 0 Å². The van der Waals surface area contributed by atoms with Gasteiger partial charge in [-0.15, -0.1) is 0 Å². The average Bonchev–Trinajstić information content (AvgIpc) is 3.02. The highest BCUT2D eigenvalue weighted by Gasteiger charge is 2.29. The molecule has 236 valence electrons. The van der Waals surface area contributed by atoms with Gasteiger partial charge >= 0.3 is 12.2 Å². The van der Waals surface area contributed by atoms with E-state index >= 15 is 0 Å². The molecule has 0 radical (unpaired) electrons. The topological polar surface area (TPSA) is 139 Å². The van der Waals surface area contributed by atoms with E-state index in [9.17, 15) is 19.2 Å². The van der Waals surface area contributed by atoms with Crippen molar-refractivity contribution < 1.29 is 28.7 Å². The summed E-state index contributed by atoms with van der Waals surface area (Å²) in [7, 11) is 3.05. The molecule has 5 rings (SSSR count). The fraction of sp³-hybridized carbons (Fsp3) is 0.364. The Bertz CT molecular complexity index is 1610. The predicted octanol–water partition coefficient (Wildman–Crippen LogP) is 6.96. The summed E-state index contributed by atoms with van der Waals surface area (Å²) < 4.78 is 10.2. The van der Waals surface area contributed by atoms with Crippen LogP contribution in [-0.2, 0) is 19.1 Å². The van der Waals surface area contributed by atoms with Gasteiger partial charge in [0.25, 0.3) is 0 Å². The first-order valence-electron chi connectivity index (χ1n) is 14.9. The molecule has 2 aliphatic heterocycles. The van der Waals surface area contributed by atoms with Crippen LogP contribution in [0.4, 0.5) is 26.7 Å².